The summed E-state index contributed by atoms with van der Waals surface area (Å²) in [6, 6.07) is 4.44. The monoisotopic (exact) mass is 248 g/mol. The molecule has 2 rings (SSSR count). The number of aliphatic hydroxyl groups is 1. The first kappa shape index (κ1) is 12.8. The fourth-order valence-corrected chi connectivity index (χ4v) is 1.96. The maximum Gasteiger partial charge on any atom is 0.123 e. The average Bonchev–Trinajstić information content (AvgIpc) is 2.80. The highest BCUT2D eigenvalue weighted by Gasteiger charge is 2.15. The van der Waals surface area contributed by atoms with Crippen molar-refractivity contribution in [2.75, 3.05) is 0 Å². The number of hydrogen-bond acceptors (Lipinski definition) is 2. The summed E-state index contributed by atoms with van der Waals surface area (Å²) in [5.74, 6) is -0.337. The lowest BCUT2D eigenvalue weighted by molar-refractivity contribution is 0.219. The lowest BCUT2D eigenvalue weighted by Crippen LogP contribution is -2.02. The van der Waals surface area contributed by atoms with Crippen molar-refractivity contribution in [1.29, 1.82) is 0 Å². The molecule has 96 valence electrons. The Labute approximate surface area is 106 Å². The Hall–Kier alpha value is -1.68. The van der Waals surface area contributed by atoms with Crippen molar-refractivity contribution >= 4 is 0 Å². The van der Waals surface area contributed by atoms with Crippen molar-refractivity contribution in [3.63, 3.8) is 0 Å². The molecule has 18 heavy (non-hydrogen) atoms. The second-order valence-corrected chi connectivity index (χ2v) is 4.44. The molecule has 1 aromatic heterocycles. The molecule has 0 aliphatic heterocycles. The van der Waals surface area contributed by atoms with Crippen LogP contribution in [0.5, 0.6) is 0 Å². The Kier molecular flexibility index (Phi) is 3.77. The largest absolute Gasteiger partial charge is 0.384 e. The highest BCUT2D eigenvalue weighted by molar-refractivity contribution is 5.34. The second-order valence-electron chi connectivity index (χ2n) is 4.44. The minimum Gasteiger partial charge on any atom is -0.384 e. The molecule has 0 aliphatic carbocycles. The van der Waals surface area contributed by atoms with Gasteiger partial charge in [-0.3, -0.25) is 4.68 Å². The zero-order valence-corrected chi connectivity index (χ0v) is 10.6. The predicted octanol–water partition coefficient (Wildman–Crippen LogP) is 2.82. The standard InChI is InChI=1S/C14H17FN2O/c1-3-6-17-9-11(8-16-17)14(18)13-7-12(15)5-4-10(13)2/h4-5,7-9,14,18H,3,6H2,1-2H3. The summed E-state index contributed by atoms with van der Waals surface area (Å²) in [7, 11) is 0. The van der Waals surface area contributed by atoms with E-state index in [1.165, 1.54) is 12.1 Å². The number of hydrogen-bond donors (Lipinski definition) is 1. The van der Waals surface area contributed by atoms with Crippen LogP contribution in [-0.4, -0.2) is 14.9 Å². The van der Waals surface area contributed by atoms with Crippen molar-refractivity contribution in [1.82, 2.24) is 9.78 Å². The third kappa shape index (κ3) is 2.59. The van der Waals surface area contributed by atoms with Crippen LogP contribution in [0, 0.1) is 12.7 Å². The molecule has 0 fully saturated rings. The van der Waals surface area contributed by atoms with Crippen molar-refractivity contribution in [3.05, 3.63) is 53.1 Å². The topological polar surface area (TPSA) is 38.0 Å². The maximum absolute atomic E-state index is 13.2. The highest BCUT2D eigenvalue weighted by atomic mass is 19.1. The van der Waals surface area contributed by atoms with Gasteiger partial charge in [-0.05, 0) is 36.6 Å². The van der Waals surface area contributed by atoms with E-state index in [1.54, 1.807) is 23.1 Å². The molecule has 0 saturated carbocycles. The number of aryl methyl sites for hydroxylation is 2. The Morgan fingerprint density at radius 3 is 2.94 bits per heavy atom. The van der Waals surface area contributed by atoms with E-state index in [0.29, 0.717) is 11.1 Å². The van der Waals surface area contributed by atoms with Crippen LogP contribution >= 0.6 is 0 Å². The van der Waals surface area contributed by atoms with Gasteiger partial charge in [0.1, 0.15) is 11.9 Å². The Morgan fingerprint density at radius 2 is 2.22 bits per heavy atom. The molecular formula is C14H17FN2O. The summed E-state index contributed by atoms with van der Waals surface area (Å²) in [5, 5.41) is 14.4. The lowest BCUT2D eigenvalue weighted by Gasteiger charge is -2.12. The third-order valence-electron chi connectivity index (χ3n) is 2.96. The van der Waals surface area contributed by atoms with E-state index in [2.05, 4.69) is 12.0 Å². The first-order valence-electron chi connectivity index (χ1n) is 6.08. The van der Waals surface area contributed by atoms with Crippen LogP contribution in [0.4, 0.5) is 4.39 Å². The first-order chi connectivity index (χ1) is 8.61. The van der Waals surface area contributed by atoms with Crippen molar-refractivity contribution in [2.45, 2.75) is 32.9 Å². The van der Waals surface area contributed by atoms with Gasteiger partial charge in [0.15, 0.2) is 0 Å². The van der Waals surface area contributed by atoms with Crippen molar-refractivity contribution < 1.29 is 9.50 Å². The van der Waals surface area contributed by atoms with Gasteiger partial charge in [-0.25, -0.2) is 4.39 Å². The molecule has 2 aromatic rings. The van der Waals surface area contributed by atoms with Crippen LogP contribution in [0.1, 0.15) is 36.1 Å². The number of nitrogens with zero attached hydrogens (tertiary/aromatic N) is 2. The summed E-state index contributed by atoms with van der Waals surface area (Å²) in [5.41, 5.74) is 2.15. The van der Waals surface area contributed by atoms with Gasteiger partial charge in [0.05, 0.1) is 6.20 Å². The van der Waals surface area contributed by atoms with Crippen LogP contribution in [-0.2, 0) is 6.54 Å². The van der Waals surface area contributed by atoms with E-state index in [-0.39, 0.29) is 5.82 Å². The van der Waals surface area contributed by atoms with E-state index < -0.39 is 6.10 Å². The normalized spacial score (nSPS) is 12.7. The number of aliphatic hydroxyl groups excluding tert-OH is 1. The minimum absolute atomic E-state index is 0.337. The molecule has 1 heterocycles. The highest BCUT2D eigenvalue weighted by Crippen LogP contribution is 2.25. The Balaban J connectivity index is 2.29. The molecule has 3 nitrogen and oxygen atoms in total. The van der Waals surface area contributed by atoms with Crippen LogP contribution in [0.25, 0.3) is 0 Å². The quantitative estimate of drug-likeness (QED) is 0.903. The van der Waals surface area contributed by atoms with Gasteiger partial charge in [-0.15, -0.1) is 0 Å². The third-order valence-corrected chi connectivity index (χ3v) is 2.96. The fraction of sp³-hybridized carbons (Fsp3) is 0.357. The molecule has 1 atom stereocenters. The maximum atomic E-state index is 13.2. The van der Waals surface area contributed by atoms with Gasteiger partial charge in [0.25, 0.3) is 0 Å². The second kappa shape index (κ2) is 5.31. The number of rotatable bonds is 4. The summed E-state index contributed by atoms with van der Waals surface area (Å²) in [6.45, 7) is 4.73. The van der Waals surface area contributed by atoms with E-state index in [9.17, 15) is 9.50 Å². The van der Waals surface area contributed by atoms with Gasteiger partial charge in [0.2, 0.25) is 0 Å². The van der Waals surface area contributed by atoms with Gasteiger partial charge in [0, 0.05) is 18.3 Å². The Morgan fingerprint density at radius 1 is 1.44 bits per heavy atom. The minimum atomic E-state index is -0.827. The van der Waals surface area contributed by atoms with Crippen molar-refractivity contribution in [2.24, 2.45) is 0 Å². The predicted molar refractivity (Wildman–Crippen MR) is 67.7 cm³/mol. The molecule has 0 saturated heterocycles. The van der Waals surface area contributed by atoms with E-state index in [0.717, 1.165) is 18.5 Å². The van der Waals surface area contributed by atoms with Gasteiger partial charge >= 0.3 is 0 Å². The molecular weight excluding hydrogens is 231 g/mol. The molecule has 4 heteroatoms. The average molecular weight is 248 g/mol. The first-order valence-corrected chi connectivity index (χ1v) is 6.08. The molecule has 1 aromatic carbocycles. The van der Waals surface area contributed by atoms with Gasteiger partial charge < -0.3 is 5.11 Å². The van der Waals surface area contributed by atoms with Crippen LogP contribution in [0.3, 0.4) is 0 Å². The molecule has 1 unspecified atom stereocenters. The van der Waals surface area contributed by atoms with Crippen LogP contribution in [0.15, 0.2) is 30.6 Å². The van der Waals surface area contributed by atoms with E-state index in [4.69, 9.17) is 0 Å². The van der Waals surface area contributed by atoms with Crippen LogP contribution < -0.4 is 0 Å². The summed E-state index contributed by atoms with van der Waals surface area (Å²) in [4.78, 5) is 0. The molecule has 0 bridgehead atoms. The van der Waals surface area contributed by atoms with Gasteiger partial charge in [-0.2, -0.15) is 5.10 Å². The lowest BCUT2D eigenvalue weighted by atomic mass is 9.99. The Bertz CT molecular complexity index is 536. The molecule has 0 amide bonds. The number of aromatic nitrogens is 2. The number of halogens is 1. The SMILES string of the molecule is CCCn1cc(C(O)c2cc(F)ccc2C)cn1. The fourth-order valence-electron chi connectivity index (χ4n) is 1.96. The van der Waals surface area contributed by atoms with Crippen molar-refractivity contribution in [3.8, 4) is 0 Å². The van der Waals surface area contributed by atoms with E-state index in [1.807, 2.05) is 6.92 Å². The molecule has 1 N–H and O–H groups in total. The molecule has 0 spiro atoms. The smallest absolute Gasteiger partial charge is 0.123 e. The zero-order valence-electron chi connectivity index (χ0n) is 10.6. The van der Waals surface area contributed by atoms with Gasteiger partial charge in [-0.1, -0.05) is 13.0 Å². The molecule has 0 radical (unpaired) electrons. The summed E-state index contributed by atoms with van der Waals surface area (Å²) >= 11 is 0. The van der Waals surface area contributed by atoms with E-state index >= 15 is 0 Å². The summed E-state index contributed by atoms with van der Waals surface area (Å²) in [6.07, 6.45) is 3.59. The summed E-state index contributed by atoms with van der Waals surface area (Å²) < 4.78 is 15.0. The molecule has 0 aliphatic rings. The number of benzene rings is 1. The van der Waals surface area contributed by atoms with Crippen LogP contribution in [0.2, 0.25) is 0 Å². The zero-order chi connectivity index (χ0) is 13.1.